The van der Waals surface area contributed by atoms with Crippen molar-refractivity contribution in [2.75, 3.05) is 6.54 Å². The molecule has 0 spiro atoms. The topological polar surface area (TPSA) is 74.8 Å². The standard InChI is InChI=1S/C3H4N4/c4-2-1-3-6-7-5/h2,4H2. The number of hydrogen-bond acceptors (Lipinski definition) is 2. The maximum atomic E-state index is 7.61. The molecular formula is C3H4N4. The van der Waals surface area contributed by atoms with Crippen LogP contribution in [0, 0.1) is 12.0 Å². The molecule has 0 aromatic carbocycles. The highest BCUT2D eigenvalue weighted by Crippen LogP contribution is 1.58. The summed E-state index contributed by atoms with van der Waals surface area (Å²) in [6, 6.07) is 2.12. The lowest BCUT2D eigenvalue weighted by atomic mass is 10.7. The van der Waals surface area contributed by atoms with Crippen molar-refractivity contribution in [1.29, 1.82) is 0 Å². The van der Waals surface area contributed by atoms with Crippen LogP contribution in [0.25, 0.3) is 10.4 Å². The molecule has 0 heterocycles. The van der Waals surface area contributed by atoms with Gasteiger partial charge in [0.05, 0.1) is 6.54 Å². The highest BCUT2D eigenvalue weighted by Gasteiger charge is 1.53. The molecule has 0 aromatic rings. The van der Waals surface area contributed by atoms with Crippen molar-refractivity contribution < 1.29 is 0 Å². The maximum absolute atomic E-state index is 7.61. The lowest BCUT2D eigenvalue weighted by Gasteiger charge is -1.61. The quantitative estimate of drug-likeness (QED) is 0.199. The molecule has 0 radical (unpaired) electrons. The molecule has 7 heavy (non-hydrogen) atoms. The van der Waals surface area contributed by atoms with Gasteiger partial charge in [0, 0.05) is 4.91 Å². The van der Waals surface area contributed by atoms with Crippen LogP contribution in [0.1, 0.15) is 0 Å². The largest absolute Gasteiger partial charge is 0.320 e. The van der Waals surface area contributed by atoms with Crippen LogP contribution in [0.5, 0.6) is 0 Å². The van der Waals surface area contributed by atoms with Crippen molar-refractivity contribution in [3.05, 3.63) is 10.4 Å². The average Bonchev–Trinajstić information content (AvgIpc) is 1.69. The van der Waals surface area contributed by atoms with E-state index in [0.29, 0.717) is 0 Å². The predicted octanol–water partition coefficient (Wildman–Crippen LogP) is 0.216. The predicted molar refractivity (Wildman–Crippen MR) is 26.0 cm³/mol. The van der Waals surface area contributed by atoms with Crippen molar-refractivity contribution in [2.45, 2.75) is 0 Å². The summed E-state index contributed by atoms with van der Waals surface area (Å²) in [6.07, 6.45) is 0. The number of nitrogens with zero attached hydrogens (tertiary/aromatic N) is 3. The van der Waals surface area contributed by atoms with Crippen LogP contribution in [-0.4, -0.2) is 6.54 Å². The first-order valence-corrected chi connectivity index (χ1v) is 1.64. The third-order valence-corrected chi connectivity index (χ3v) is 0.276. The Morgan fingerprint density at radius 2 is 2.57 bits per heavy atom. The maximum Gasteiger partial charge on any atom is 0.0554 e. The van der Waals surface area contributed by atoms with Gasteiger partial charge in [0.2, 0.25) is 0 Å². The van der Waals surface area contributed by atoms with E-state index in [0.717, 1.165) is 0 Å². The van der Waals surface area contributed by atoms with Crippen LogP contribution in [0.2, 0.25) is 0 Å². The zero-order chi connectivity index (χ0) is 5.54. The Kier molecular flexibility index (Phi) is 4.02. The molecule has 0 bridgehead atoms. The van der Waals surface area contributed by atoms with Crippen LogP contribution in [0.4, 0.5) is 0 Å². The fourth-order valence-corrected chi connectivity index (χ4v) is 0.103. The summed E-state index contributed by atoms with van der Waals surface area (Å²) in [5, 5.41) is 2.90. The zero-order valence-corrected chi connectivity index (χ0v) is 3.63. The highest BCUT2D eigenvalue weighted by molar-refractivity contribution is 4.97. The Labute approximate surface area is 40.9 Å². The summed E-state index contributed by atoms with van der Waals surface area (Å²) in [5.74, 6) is 2.36. The van der Waals surface area contributed by atoms with Gasteiger partial charge in [-0.15, -0.1) is 0 Å². The summed E-state index contributed by atoms with van der Waals surface area (Å²) >= 11 is 0. The number of nitrogens with two attached hydrogens (primary N) is 1. The van der Waals surface area contributed by atoms with Gasteiger partial charge in [-0.2, -0.15) is 0 Å². The molecule has 0 atom stereocenters. The van der Waals surface area contributed by atoms with Crippen molar-refractivity contribution in [3.8, 4) is 12.0 Å². The number of hydrogen-bond donors (Lipinski definition) is 1. The van der Waals surface area contributed by atoms with E-state index in [-0.39, 0.29) is 6.54 Å². The molecule has 0 aliphatic heterocycles. The van der Waals surface area contributed by atoms with Gasteiger partial charge in [-0.1, -0.05) is 5.92 Å². The Hall–Kier alpha value is -1.17. The van der Waals surface area contributed by atoms with Gasteiger partial charge >= 0.3 is 0 Å². The van der Waals surface area contributed by atoms with Gasteiger partial charge in [0.1, 0.15) is 0 Å². The lowest BCUT2D eigenvalue weighted by Crippen LogP contribution is -1.92. The Balaban J connectivity index is 3.45. The summed E-state index contributed by atoms with van der Waals surface area (Å²) in [5.41, 5.74) is 12.5. The molecule has 4 heteroatoms. The third-order valence-electron chi connectivity index (χ3n) is 0.276. The van der Waals surface area contributed by atoms with Crippen LogP contribution in [0.3, 0.4) is 0 Å². The van der Waals surface area contributed by atoms with E-state index in [1.807, 2.05) is 0 Å². The van der Waals surface area contributed by atoms with Crippen molar-refractivity contribution in [3.63, 3.8) is 0 Å². The van der Waals surface area contributed by atoms with Crippen molar-refractivity contribution >= 4 is 0 Å². The second kappa shape index (κ2) is 4.83. The van der Waals surface area contributed by atoms with Crippen LogP contribution < -0.4 is 5.73 Å². The van der Waals surface area contributed by atoms with E-state index in [9.17, 15) is 0 Å². The van der Waals surface area contributed by atoms with E-state index in [1.54, 1.807) is 0 Å². The molecule has 0 amide bonds. The molecule has 0 aliphatic rings. The fraction of sp³-hybridized carbons (Fsp3) is 0.333. The van der Waals surface area contributed by atoms with Gasteiger partial charge in [-0.05, 0) is 16.7 Å². The Morgan fingerprint density at radius 1 is 1.86 bits per heavy atom. The summed E-state index contributed by atoms with van der Waals surface area (Å²) in [4.78, 5) is 2.37. The van der Waals surface area contributed by atoms with Gasteiger partial charge in [0.25, 0.3) is 0 Å². The average molecular weight is 96.1 g/mol. The SMILES string of the molecule is [N-]=[N+]=NC#CCN. The van der Waals surface area contributed by atoms with Gasteiger partial charge in [-0.3, -0.25) is 0 Å². The van der Waals surface area contributed by atoms with Crippen molar-refractivity contribution in [2.24, 2.45) is 10.8 Å². The van der Waals surface area contributed by atoms with E-state index in [2.05, 4.69) is 22.0 Å². The highest BCUT2D eigenvalue weighted by atomic mass is 15.1. The van der Waals surface area contributed by atoms with Crippen molar-refractivity contribution in [1.82, 2.24) is 0 Å². The molecular weight excluding hydrogens is 92.1 g/mol. The monoisotopic (exact) mass is 96.0 g/mol. The number of rotatable bonds is 0. The second-order valence-electron chi connectivity index (χ2n) is 0.682. The Morgan fingerprint density at radius 3 is 3.00 bits per heavy atom. The fourth-order valence-electron chi connectivity index (χ4n) is 0.103. The molecule has 0 aliphatic carbocycles. The van der Waals surface area contributed by atoms with Crippen LogP contribution >= 0.6 is 0 Å². The Bertz CT molecular complexity index is 133. The number of azide groups is 1. The minimum Gasteiger partial charge on any atom is -0.320 e. The molecule has 36 valence electrons. The van der Waals surface area contributed by atoms with Gasteiger partial charge < -0.3 is 5.73 Å². The summed E-state index contributed by atoms with van der Waals surface area (Å²) < 4.78 is 0. The van der Waals surface area contributed by atoms with Gasteiger partial charge in [0.15, 0.2) is 0 Å². The first-order valence-electron chi connectivity index (χ1n) is 1.64. The minimum absolute atomic E-state index is 0.235. The molecule has 2 N–H and O–H groups in total. The molecule has 0 unspecified atom stereocenters. The van der Waals surface area contributed by atoms with Crippen LogP contribution in [0.15, 0.2) is 5.11 Å². The first kappa shape index (κ1) is 5.83. The third kappa shape index (κ3) is 4.83. The molecule has 0 fully saturated rings. The van der Waals surface area contributed by atoms with E-state index >= 15 is 0 Å². The molecule has 0 saturated heterocycles. The normalized spacial score (nSPS) is 5.29. The molecule has 0 saturated carbocycles. The second-order valence-corrected chi connectivity index (χ2v) is 0.682. The molecule has 4 nitrogen and oxygen atoms in total. The van der Waals surface area contributed by atoms with Crippen LogP contribution in [-0.2, 0) is 0 Å². The molecule has 0 rings (SSSR count). The summed E-state index contributed by atoms with van der Waals surface area (Å²) in [6.45, 7) is 0.235. The summed E-state index contributed by atoms with van der Waals surface area (Å²) in [7, 11) is 0. The zero-order valence-electron chi connectivity index (χ0n) is 3.63. The smallest absolute Gasteiger partial charge is 0.0554 e. The van der Waals surface area contributed by atoms with Gasteiger partial charge in [-0.25, -0.2) is 0 Å². The van der Waals surface area contributed by atoms with E-state index < -0.39 is 0 Å². The molecule has 0 aromatic heterocycles. The van der Waals surface area contributed by atoms with E-state index in [4.69, 9.17) is 11.3 Å². The minimum atomic E-state index is 0.235. The first-order chi connectivity index (χ1) is 3.41. The van der Waals surface area contributed by atoms with E-state index in [1.165, 1.54) is 0 Å². The lowest BCUT2D eigenvalue weighted by molar-refractivity contribution is 1.30.